The van der Waals surface area contributed by atoms with E-state index in [0.29, 0.717) is 17.4 Å². The van der Waals surface area contributed by atoms with Crippen molar-refractivity contribution in [2.24, 2.45) is 0 Å². The minimum absolute atomic E-state index is 0.0782. The molecule has 7 nitrogen and oxygen atoms in total. The molecule has 0 heterocycles. The fourth-order valence-corrected chi connectivity index (χ4v) is 7.47. The van der Waals surface area contributed by atoms with Crippen molar-refractivity contribution in [3.8, 4) is 0 Å². The van der Waals surface area contributed by atoms with Crippen molar-refractivity contribution in [1.82, 2.24) is 5.32 Å². The summed E-state index contributed by atoms with van der Waals surface area (Å²) in [5.74, 6) is -0.205. The molecule has 0 aromatic carbocycles. The fourth-order valence-electron chi connectivity index (χ4n) is 6.22. The fraction of sp³-hybridized carbons (Fsp3) is 0.927. The van der Waals surface area contributed by atoms with Crippen LogP contribution in [0.3, 0.4) is 0 Å². The molecule has 1 amide bonds. The van der Waals surface area contributed by atoms with Gasteiger partial charge in [0.1, 0.15) is 20.7 Å². The molecular weight excluding hydrogens is 631 g/mol. The highest BCUT2D eigenvalue weighted by Gasteiger charge is 2.25. The number of allylic oxidation sites excluding steroid dienone is 1. The van der Waals surface area contributed by atoms with E-state index in [-0.39, 0.29) is 12.5 Å². The Balaban J connectivity index is 4.43. The normalized spacial score (nSPS) is 14.7. The first kappa shape index (κ1) is 48.3. The number of nitrogens with zero attached hydrogens (tertiary/aromatic N) is 1. The summed E-state index contributed by atoms with van der Waals surface area (Å²) in [5, 5.41) is 13.8. The van der Waals surface area contributed by atoms with Crippen LogP contribution in [-0.2, 0) is 13.9 Å². The molecule has 0 fully saturated rings. The van der Waals surface area contributed by atoms with E-state index < -0.39 is 25.9 Å². The van der Waals surface area contributed by atoms with Gasteiger partial charge in [-0.1, -0.05) is 180 Å². The third-order valence-corrected chi connectivity index (χ3v) is 11.0. The van der Waals surface area contributed by atoms with Crippen molar-refractivity contribution in [3.05, 3.63) is 12.2 Å². The Morgan fingerprint density at radius 2 is 1.08 bits per heavy atom. The second-order valence-corrected chi connectivity index (χ2v) is 17.6. The molecule has 0 aromatic heterocycles. The van der Waals surface area contributed by atoms with Crippen LogP contribution in [0, 0.1) is 0 Å². The maximum Gasteiger partial charge on any atom is 0.220 e. The van der Waals surface area contributed by atoms with Crippen LogP contribution in [0.25, 0.3) is 0 Å². The molecule has 3 atom stereocenters. The molecule has 0 spiro atoms. The molecule has 3 unspecified atom stereocenters. The Morgan fingerprint density at radius 1 is 0.694 bits per heavy atom. The summed E-state index contributed by atoms with van der Waals surface area (Å²) < 4.78 is 18.7. The van der Waals surface area contributed by atoms with Crippen LogP contribution in [0.1, 0.15) is 194 Å². The second kappa shape index (κ2) is 33.1. The third-order valence-electron chi connectivity index (χ3n) is 9.54. The summed E-state index contributed by atoms with van der Waals surface area (Å²) in [7, 11) is 1.68. The largest absolute Gasteiger partial charge is 0.778 e. The molecule has 0 saturated carbocycles. The molecule has 0 aliphatic carbocycles. The molecule has 0 aliphatic heterocycles. The highest BCUT2D eigenvalue weighted by molar-refractivity contribution is 7.51. The Morgan fingerprint density at radius 3 is 1.49 bits per heavy atom. The molecular formula is C41H83N2O5P. The monoisotopic (exact) mass is 715 g/mol. The number of carbonyl (C=O) groups excluding carboxylic acids is 1. The number of hydrogen-bond acceptors (Lipinski definition) is 5. The van der Waals surface area contributed by atoms with Crippen molar-refractivity contribution in [1.29, 1.82) is 0 Å². The van der Waals surface area contributed by atoms with Gasteiger partial charge < -0.3 is 28.9 Å². The van der Waals surface area contributed by atoms with Crippen LogP contribution in [0.4, 0.5) is 0 Å². The standard InChI is InChI=1S/C41H83N2O5P/c1-6-8-10-12-14-16-18-20-21-23-25-27-29-31-33-35-41(45)42-39(38-49(46,47)48-37-36-43(3,4)5)40(44)34-32-30-28-26-24-22-19-17-15-13-11-9-7-2/h32,34,39-40,44H,6-31,33,35-38H2,1-5H3,(H-,42,45,46,47)/b34-32+. The van der Waals surface area contributed by atoms with E-state index in [9.17, 15) is 19.4 Å². The van der Waals surface area contributed by atoms with Crippen LogP contribution in [0.5, 0.6) is 0 Å². The summed E-state index contributed by atoms with van der Waals surface area (Å²) >= 11 is 0. The van der Waals surface area contributed by atoms with Crippen molar-refractivity contribution < 1.29 is 28.4 Å². The topological polar surface area (TPSA) is 98.7 Å². The predicted octanol–water partition coefficient (Wildman–Crippen LogP) is 10.6. The van der Waals surface area contributed by atoms with Gasteiger partial charge in [-0.15, -0.1) is 0 Å². The lowest BCUT2D eigenvalue weighted by molar-refractivity contribution is -0.870. The summed E-state index contributed by atoms with van der Waals surface area (Å²) in [4.78, 5) is 25.7. The van der Waals surface area contributed by atoms with Gasteiger partial charge in [-0.05, 0) is 19.3 Å². The van der Waals surface area contributed by atoms with Crippen LogP contribution in [-0.4, -0.2) is 68.1 Å². The van der Waals surface area contributed by atoms with Gasteiger partial charge in [0, 0.05) is 12.6 Å². The Kier molecular flexibility index (Phi) is 32.7. The van der Waals surface area contributed by atoms with E-state index in [2.05, 4.69) is 19.2 Å². The highest BCUT2D eigenvalue weighted by atomic mass is 31.2. The Labute approximate surface area is 304 Å². The number of aliphatic hydroxyl groups excluding tert-OH is 1. The number of rotatable bonds is 37. The van der Waals surface area contributed by atoms with Gasteiger partial charge in [-0.25, -0.2) is 0 Å². The highest BCUT2D eigenvalue weighted by Crippen LogP contribution is 2.38. The van der Waals surface area contributed by atoms with E-state index in [1.165, 1.54) is 135 Å². The number of likely N-dealkylation sites (N-methyl/N-ethyl adjacent to an activating group) is 1. The maximum atomic E-state index is 12.8. The molecule has 0 aromatic rings. The number of quaternary nitrogens is 1. The van der Waals surface area contributed by atoms with Crippen LogP contribution >= 0.6 is 7.60 Å². The van der Waals surface area contributed by atoms with Crippen LogP contribution < -0.4 is 10.2 Å². The van der Waals surface area contributed by atoms with Gasteiger partial charge in [0.25, 0.3) is 0 Å². The first-order chi connectivity index (χ1) is 23.5. The van der Waals surface area contributed by atoms with E-state index in [1.54, 1.807) is 6.08 Å². The van der Waals surface area contributed by atoms with Crippen molar-refractivity contribution in [2.75, 3.05) is 40.5 Å². The van der Waals surface area contributed by atoms with Crippen molar-refractivity contribution in [2.45, 2.75) is 206 Å². The molecule has 2 N–H and O–H groups in total. The van der Waals surface area contributed by atoms with Gasteiger partial charge in [0.05, 0.1) is 33.3 Å². The smallest absolute Gasteiger partial charge is 0.220 e. The number of carbonyl (C=O) groups is 1. The quantitative estimate of drug-likeness (QED) is 0.0289. The van der Waals surface area contributed by atoms with E-state index in [1.807, 2.05) is 27.2 Å². The van der Waals surface area contributed by atoms with E-state index in [4.69, 9.17) is 4.52 Å². The average Bonchev–Trinajstić information content (AvgIpc) is 3.03. The summed E-state index contributed by atoms with van der Waals surface area (Å²) in [6.45, 7) is 5.14. The molecule has 292 valence electrons. The lowest BCUT2D eigenvalue weighted by Gasteiger charge is -2.31. The zero-order chi connectivity index (χ0) is 36.5. The first-order valence-electron chi connectivity index (χ1n) is 20.9. The minimum atomic E-state index is -4.25. The molecule has 0 bridgehead atoms. The number of unbranched alkanes of at least 4 members (excludes halogenated alkanes) is 25. The molecule has 49 heavy (non-hydrogen) atoms. The lowest BCUT2D eigenvalue weighted by atomic mass is 10.0. The van der Waals surface area contributed by atoms with Gasteiger partial charge in [-0.2, -0.15) is 0 Å². The van der Waals surface area contributed by atoms with E-state index in [0.717, 1.165) is 38.5 Å². The van der Waals surface area contributed by atoms with Gasteiger partial charge in [-0.3, -0.25) is 4.79 Å². The first-order valence-corrected chi connectivity index (χ1v) is 22.6. The predicted molar refractivity (Wildman–Crippen MR) is 209 cm³/mol. The average molecular weight is 715 g/mol. The molecule has 0 aliphatic rings. The summed E-state index contributed by atoms with van der Waals surface area (Å²) in [6.07, 6.45) is 36.3. The Bertz CT molecular complexity index is 816. The number of amides is 1. The number of aliphatic hydroxyl groups is 1. The molecule has 0 saturated heterocycles. The van der Waals surface area contributed by atoms with Gasteiger partial charge in [0.15, 0.2) is 0 Å². The van der Waals surface area contributed by atoms with Crippen LogP contribution in [0.2, 0.25) is 0 Å². The third kappa shape index (κ3) is 35.5. The SMILES string of the molecule is CCCCCCCCCCCCC/C=C/C(O)C(CP(=O)([O-])OCC[N+](C)(C)C)NC(=O)CCCCCCCCCCCCCCCCC. The number of hydrogen-bond donors (Lipinski definition) is 2. The van der Waals surface area contributed by atoms with Gasteiger partial charge in [0.2, 0.25) is 5.91 Å². The zero-order valence-corrected chi connectivity index (χ0v) is 34.1. The number of nitrogens with one attached hydrogen (secondary N) is 1. The summed E-state index contributed by atoms with van der Waals surface area (Å²) in [5.41, 5.74) is 0. The zero-order valence-electron chi connectivity index (χ0n) is 33.2. The maximum absolute atomic E-state index is 12.8. The van der Waals surface area contributed by atoms with Crippen molar-refractivity contribution >= 4 is 13.5 Å². The second-order valence-electron chi connectivity index (χ2n) is 15.8. The van der Waals surface area contributed by atoms with Crippen LogP contribution in [0.15, 0.2) is 12.2 Å². The minimum Gasteiger partial charge on any atom is -0.778 e. The molecule has 0 rings (SSSR count). The van der Waals surface area contributed by atoms with Gasteiger partial charge >= 0.3 is 0 Å². The van der Waals surface area contributed by atoms with E-state index >= 15 is 0 Å². The lowest BCUT2D eigenvalue weighted by Crippen LogP contribution is -2.46. The molecule has 8 heteroatoms. The van der Waals surface area contributed by atoms with Crippen molar-refractivity contribution in [3.63, 3.8) is 0 Å². The Hall–Kier alpha value is -0.720. The summed E-state index contributed by atoms with van der Waals surface area (Å²) in [6, 6.07) is -0.926. The molecule has 0 radical (unpaired) electrons.